The lowest BCUT2D eigenvalue weighted by molar-refractivity contribution is -0.141. The van der Waals surface area contributed by atoms with Crippen LogP contribution in [0.4, 0.5) is 30.7 Å². The zero-order valence-electron chi connectivity index (χ0n) is 15.4. The molecular weight excluding hydrogens is 449 g/mol. The highest BCUT2D eigenvalue weighted by Crippen LogP contribution is 2.38. The van der Waals surface area contributed by atoms with Crippen molar-refractivity contribution in [3.8, 4) is 10.6 Å². The number of hydrogen-bond donors (Lipinski definition) is 1. The van der Waals surface area contributed by atoms with Gasteiger partial charge in [0.25, 0.3) is 5.91 Å². The number of carbonyl (C=O) groups is 1. The lowest BCUT2D eigenvalue weighted by atomic mass is 10.1. The van der Waals surface area contributed by atoms with Crippen molar-refractivity contribution in [1.82, 2.24) is 10.3 Å². The van der Waals surface area contributed by atoms with Crippen LogP contribution in [0, 0.1) is 5.82 Å². The van der Waals surface area contributed by atoms with E-state index in [1.165, 1.54) is 30.3 Å². The summed E-state index contributed by atoms with van der Waals surface area (Å²) in [4.78, 5) is 15.0. The van der Waals surface area contributed by atoms with Crippen LogP contribution in [-0.2, 0) is 18.8 Å². The first kappa shape index (κ1) is 22.7. The highest BCUT2D eigenvalue weighted by Gasteiger charge is 2.40. The molecule has 1 N–H and O–H groups in total. The molecule has 2 aromatic carbocycles. The lowest BCUT2D eigenvalue weighted by Gasteiger charge is -2.10. The van der Waals surface area contributed by atoms with Gasteiger partial charge in [0.2, 0.25) is 0 Å². The van der Waals surface area contributed by atoms with Crippen molar-refractivity contribution in [3.05, 3.63) is 76.0 Å². The van der Waals surface area contributed by atoms with E-state index in [9.17, 15) is 35.5 Å². The fourth-order valence-electron chi connectivity index (χ4n) is 2.72. The topological polar surface area (TPSA) is 42.0 Å². The predicted molar refractivity (Wildman–Crippen MR) is 100.0 cm³/mol. The van der Waals surface area contributed by atoms with E-state index in [1.54, 1.807) is 0 Å². The van der Waals surface area contributed by atoms with Crippen molar-refractivity contribution in [3.63, 3.8) is 0 Å². The molecule has 3 aromatic rings. The first-order valence-corrected chi connectivity index (χ1v) is 9.55. The number of carbonyl (C=O) groups excluding carboxylic acids is 1. The van der Waals surface area contributed by atoms with Crippen LogP contribution in [0.3, 0.4) is 0 Å². The van der Waals surface area contributed by atoms with Gasteiger partial charge in [0.15, 0.2) is 5.69 Å². The van der Waals surface area contributed by atoms with Crippen LogP contribution >= 0.6 is 11.3 Å². The van der Waals surface area contributed by atoms with E-state index in [-0.39, 0.29) is 29.1 Å². The second kappa shape index (κ2) is 8.66. The smallest absolute Gasteiger partial charge is 0.351 e. The third kappa shape index (κ3) is 5.40. The number of aromatic nitrogens is 1. The van der Waals surface area contributed by atoms with E-state index in [4.69, 9.17) is 0 Å². The number of halogens is 7. The van der Waals surface area contributed by atoms with Crippen molar-refractivity contribution < 1.29 is 35.5 Å². The Hall–Kier alpha value is -2.95. The third-order valence-corrected chi connectivity index (χ3v) is 5.25. The third-order valence-electron chi connectivity index (χ3n) is 4.16. The number of amides is 1. The molecule has 1 amide bonds. The van der Waals surface area contributed by atoms with Gasteiger partial charge in [-0.05, 0) is 30.2 Å². The van der Waals surface area contributed by atoms with E-state index < -0.39 is 40.2 Å². The monoisotopic (exact) mass is 462 g/mol. The van der Waals surface area contributed by atoms with Crippen LogP contribution in [0.5, 0.6) is 0 Å². The van der Waals surface area contributed by atoms with Gasteiger partial charge >= 0.3 is 12.4 Å². The van der Waals surface area contributed by atoms with Crippen LogP contribution in [0.2, 0.25) is 0 Å². The summed E-state index contributed by atoms with van der Waals surface area (Å²) in [5.74, 6) is -1.89. The van der Waals surface area contributed by atoms with Gasteiger partial charge in [-0.25, -0.2) is 9.37 Å². The van der Waals surface area contributed by atoms with Gasteiger partial charge in [0, 0.05) is 12.1 Å². The molecule has 164 valence electrons. The van der Waals surface area contributed by atoms with Crippen LogP contribution in [0.15, 0.2) is 48.5 Å². The molecule has 3 rings (SSSR count). The highest BCUT2D eigenvalue weighted by molar-refractivity contribution is 7.17. The van der Waals surface area contributed by atoms with Crippen LogP contribution in [-0.4, -0.2) is 17.4 Å². The largest absolute Gasteiger partial charge is 0.435 e. The molecule has 0 atom stereocenters. The molecule has 3 nitrogen and oxygen atoms in total. The van der Waals surface area contributed by atoms with Crippen molar-refractivity contribution in [2.24, 2.45) is 0 Å². The molecule has 31 heavy (non-hydrogen) atoms. The molecule has 0 radical (unpaired) electrons. The standard InChI is InChI=1S/C20H13F7N2OS/c21-14-7-2-1-6-13(14)18-29-16(20(25,26)27)15(31-18)17(30)28-9-8-11-4-3-5-12(10-11)19(22,23)24/h1-7,10H,8-9H2,(H,28,30). The molecule has 0 fully saturated rings. The number of nitrogens with zero attached hydrogens (tertiary/aromatic N) is 1. The molecule has 0 bridgehead atoms. The SMILES string of the molecule is O=C(NCCc1cccc(C(F)(F)F)c1)c1sc(-c2ccccc2F)nc1C(F)(F)F. The number of thiazole rings is 1. The quantitative estimate of drug-likeness (QED) is 0.476. The normalized spacial score (nSPS) is 12.1. The van der Waals surface area contributed by atoms with E-state index in [1.807, 2.05) is 0 Å². The van der Waals surface area contributed by atoms with Crippen molar-refractivity contribution >= 4 is 17.2 Å². The molecule has 0 aliphatic carbocycles. The predicted octanol–water partition coefficient (Wildman–Crippen LogP) is 5.96. The number of rotatable bonds is 5. The summed E-state index contributed by atoms with van der Waals surface area (Å²) >= 11 is 0.382. The number of nitrogens with one attached hydrogen (secondary N) is 1. The second-order valence-corrected chi connectivity index (χ2v) is 7.38. The van der Waals surface area contributed by atoms with Gasteiger partial charge in [-0.1, -0.05) is 30.3 Å². The van der Waals surface area contributed by atoms with Gasteiger partial charge in [-0.3, -0.25) is 4.79 Å². The van der Waals surface area contributed by atoms with Crippen LogP contribution in [0.1, 0.15) is 26.5 Å². The van der Waals surface area contributed by atoms with E-state index in [2.05, 4.69) is 10.3 Å². The Bertz CT molecular complexity index is 1090. The molecule has 0 unspecified atom stereocenters. The average molecular weight is 462 g/mol. The Balaban J connectivity index is 1.78. The first-order chi connectivity index (χ1) is 14.5. The lowest BCUT2D eigenvalue weighted by Crippen LogP contribution is -2.27. The molecule has 1 heterocycles. The zero-order chi connectivity index (χ0) is 22.8. The summed E-state index contributed by atoms with van der Waals surface area (Å²) in [7, 11) is 0. The van der Waals surface area contributed by atoms with Crippen molar-refractivity contribution in [2.75, 3.05) is 6.54 Å². The molecule has 0 aliphatic heterocycles. The fraction of sp³-hybridized carbons (Fsp3) is 0.200. The molecular formula is C20H13F7N2OS. The minimum Gasteiger partial charge on any atom is -0.351 e. The van der Waals surface area contributed by atoms with E-state index in [0.717, 1.165) is 18.2 Å². The average Bonchev–Trinajstić information content (AvgIpc) is 3.14. The first-order valence-electron chi connectivity index (χ1n) is 8.74. The van der Waals surface area contributed by atoms with Gasteiger partial charge in [-0.15, -0.1) is 11.3 Å². The minimum atomic E-state index is -4.95. The number of benzene rings is 2. The highest BCUT2D eigenvalue weighted by atomic mass is 32.1. The Morgan fingerprint density at radius 1 is 0.968 bits per heavy atom. The Morgan fingerprint density at radius 2 is 1.68 bits per heavy atom. The molecule has 0 spiro atoms. The summed E-state index contributed by atoms with van der Waals surface area (Å²) in [5, 5.41) is 1.94. The summed E-state index contributed by atoms with van der Waals surface area (Å²) in [5.41, 5.74) is -2.25. The van der Waals surface area contributed by atoms with Crippen molar-refractivity contribution in [1.29, 1.82) is 0 Å². The zero-order valence-corrected chi connectivity index (χ0v) is 16.3. The summed E-state index contributed by atoms with van der Waals surface area (Å²) in [6, 6.07) is 9.47. The maximum atomic E-state index is 13.9. The van der Waals surface area contributed by atoms with Crippen molar-refractivity contribution in [2.45, 2.75) is 18.8 Å². The molecule has 11 heteroatoms. The molecule has 0 aliphatic rings. The Kier molecular flexibility index (Phi) is 6.35. The van der Waals surface area contributed by atoms with Gasteiger partial charge in [0.1, 0.15) is 15.7 Å². The van der Waals surface area contributed by atoms with E-state index in [0.29, 0.717) is 11.3 Å². The molecule has 0 saturated heterocycles. The second-order valence-electron chi connectivity index (χ2n) is 6.38. The van der Waals surface area contributed by atoms with Crippen LogP contribution < -0.4 is 5.32 Å². The van der Waals surface area contributed by atoms with Gasteiger partial charge < -0.3 is 5.32 Å². The number of hydrogen-bond acceptors (Lipinski definition) is 3. The summed E-state index contributed by atoms with van der Waals surface area (Å²) < 4.78 is 92.2. The number of alkyl halides is 6. The van der Waals surface area contributed by atoms with E-state index >= 15 is 0 Å². The Labute approximate surface area is 175 Å². The maximum Gasteiger partial charge on any atom is 0.435 e. The van der Waals surface area contributed by atoms with Gasteiger partial charge in [-0.2, -0.15) is 26.3 Å². The molecule has 0 saturated carbocycles. The Morgan fingerprint density at radius 3 is 2.32 bits per heavy atom. The molecule has 1 aromatic heterocycles. The summed E-state index contributed by atoms with van der Waals surface area (Å²) in [6.07, 6.45) is -9.52. The summed E-state index contributed by atoms with van der Waals surface area (Å²) in [6.45, 7) is -0.204. The fourth-order valence-corrected chi connectivity index (χ4v) is 3.75. The minimum absolute atomic E-state index is 0.0318. The van der Waals surface area contributed by atoms with Gasteiger partial charge in [0.05, 0.1) is 5.56 Å². The van der Waals surface area contributed by atoms with Crippen LogP contribution in [0.25, 0.3) is 10.6 Å². The maximum absolute atomic E-state index is 13.9.